The quantitative estimate of drug-likeness (QED) is 0.190. The van der Waals surface area contributed by atoms with Crippen molar-refractivity contribution in [3.8, 4) is 0 Å². The number of fused-ring (bicyclic) bond motifs is 1. The zero-order chi connectivity index (χ0) is 29.4. The van der Waals surface area contributed by atoms with Gasteiger partial charge in [0.1, 0.15) is 11.9 Å². The summed E-state index contributed by atoms with van der Waals surface area (Å²) < 4.78 is 8.18. The molecule has 4 heterocycles. The van der Waals surface area contributed by atoms with E-state index in [1.54, 1.807) is 4.57 Å². The molecular weight excluding hydrogens is 542 g/mol. The lowest BCUT2D eigenvalue weighted by atomic mass is 9.75. The van der Waals surface area contributed by atoms with Gasteiger partial charge in [0, 0.05) is 26.1 Å². The number of ether oxygens (including phenoxy) is 1. The molecule has 0 bridgehead atoms. The first-order valence-corrected chi connectivity index (χ1v) is 16.5. The molecule has 1 aromatic heterocycles. The summed E-state index contributed by atoms with van der Waals surface area (Å²) in [5.41, 5.74) is 1.63. The Kier molecular flexibility index (Phi) is 12.5. The second-order valence-corrected chi connectivity index (χ2v) is 13.0. The average molecular weight is 594 g/mol. The molecule has 0 saturated carbocycles. The van der Waals surface area contributed by atoms with E-state index in [-0.39, 0.29) is 29.0 Å². The fourth-order valence-electron chi connectivity index (χ4n) is 7.10. The summed E-state index contributed by atoms with van der Waals surface area (Å²) in [6.45, 7) is 8.86. The van der Waals surface area contributed by atoms with Crippen LogP contribution in [-0.2, 0) is 29.0 Å². The van der Waals surface area contributed by atoms with Crippen molar-refractivity contribution in [1.29, 1.82) is 0 Å². The number of nitrogens with one attached hydrogen (secondary N) is 1. The SMILES string of the molecule is CCCCCCCCCN1CCC(C2CC(Cl)NCC2OCCn2c(C)nc3c(c2=O)CN(C)CC3)CC1C(=O)O. The van der Waals surface area contributed by atoms with E-state index in [0.717, 1.165) is 62.4 Å². The van der Waals surface area contributed by atoms with Crippen LogP contribution in [0.5, 0.6) is 0 Å². The van der Waals surface area contributed by atoms with Gasteiger partial charge in [0.05, 0.1) is 36.0 Å². The van der Waals surface area contributed by atoms with Crippen LogP contribution in [0.25, 0.3) is 0 Å². The normalized spacial score (nSPS) is 27.6. The van der Waals surface area contributed by atoms with Crippen molar-refractivity contribution in [2.24, 2.45) is 11.8 Å². The number of unbranched alkanes of at least 4 members (excludes halogenated alkanes) is 6. The molecule has 3 aliphatic heterocycles. The fraction of sp³-hybridized carbons (Fsp3) is 0.839. The highest BCUT2D eigenvalue weighted by atomic mass is 35.5. The standard InChI is InChI=1S/C31H52ClN5O4/c1-4-5-6-7-8-9-10-13-36-15-11-23(18-27(36)31(39)40)24-19-29(32)33-20-28(24)41-17-16-37-22(2)34-26-12-14-35(3)21-25(26)30(37)38/h23-24,27-29,33H,4-21H2,1-3H3,(H,39,40). The highest BCUT2D eigenvalue weighted by Gasteiger charge is 2.41. The molecule has 2 fully saturated rings. The topological polar surface area (TPSA) is 99.9 Å². The number of likely N-dealkylation sites (tertiary alicyclic amines) is 1. The number of aryl methyl sites for hydroxylation is 1. The van der Waals surface area contributed by atoms with Crippen molar-refractivity contribution >= 4 is 17.6 Å². The van der Waals surface area contributed by atoms with Gasteiger partial charge in [0.2, 0.25) is 0 Å². The number of aromatic nitrogens is 2. The summed E-state index contributed by atoms with van der Waals surface area (Å²) in [6.07, 6.45) is 11.7. The third-order valence-corrected chi connectivity index (χ3v) is 9.87. The molecule has 9 nitrogen and oxygen atoms in total. The Balaban J connectivity index is 1.32. The van der Waals surface area contributed by atoms with Gasteiger partial charge >= 0.3 is 5.97 Å². The monoisotopic (exact) mass is 593 g/mol. The number of rotatable bonds is 14. The maximum Gasteiger partial charge on any atom is 0.320 e. The highest BCUT2D eigenvalue weighted by molar-refractivity contribution is 6.20. The molecule has 1 aromatic rings. The second kappa shape index (κ2) is 15.8. The van der Waals surface area contributed by atoms with Gasteiger partial charge in [-0.25, -0.2) is 4.98 Å². The molecule has 2 N–H and O–H groups in total. The Morgan fingerprint density at radius 1 is 1.12 bits per heavy atom. The summed E-state index contributed by atoms with van der Waals surface area (Å²) in [5.74, 6) is 0.458. The molecular formula is C31H52ClN5O4. The van der Waals surface area contributed by atoms with Gasteiger partial charge in [0.25, 0.3) is 5.56 Å². The predicted molar refractivity (Wildman–Crippen MR) is 162 cm³/mol. The van der Waals surface area contributed by atoms with E-state index >= 15 is 0 Å². The number of alkyl halides is 1. The van der Waals surface area contributed by atoms with Gasteiger partial charge in [0.15, 0.2) is 0 Å². The van der Waals surface area contributed by atoms with Gasteiger partial charge in [-0.3, -0.25) is 24.4 Å². The summed E-state index contributed by atoms with van der Waals surface area (Å²) in [5, 5.41) is 13.5. The van der Waals surface area contributed by atoms with Crippen LogP contribution in [-0.4, -0.2) is 87.9 Å². The molecule has 41 heavy (non-hydrogen) atoms. The van der Waals surface area contributed by atoms with E-state index in [4.69, 9.17) is 21.3 Å². The van der Waals surface area contributed by atoms with Crippen LogP contribution in [0.15, 0.2) is 4.79 Å². The molecule has 4 rings (SSSR count). The van der Waals surface area contributed by atoms with Crippen LogP contribution in [0, 0.1) is 18.8 Å². The van der Waals surface area contributed by atoms with Crippen LogP contribution in [0.2, 0.25) is 0 Å². The molecule has 0 amide bonds. The third kappa shape index (κ3) is 8.75. The lowest BCUT2D eigenvalue weighted by Crippen LogP contribution is -2.53. The summed E-state index contributed by atoms with van der Waals surface area (Å²) in [6, 6.07) is -0.445. The van der Waals surface area contributed by atoms with Gasteiger partial charge in [-0.05, 0) is 64.6 Å². The molecule has 2 saturated heterocycles. The Labute approximate surface area is 251 Å². The first-order chi connectivity index (χ1) is 19.8. The van der Waals surface area contributed by atoms with Crippen molar-refractivity contribution in [2.75, 3.05) is 39.8 Å². The van der Waals surface area contributed by atoms with Crippen LogP contribution in [0.3, 0.4) is 0 Å². The van der Waals surface area contributed by atoms with Crippen molar-refractivity contribution in [3.63, 3.8) is 0 Å². The number of hydrogen-bond donors (Lipinski definition) is 2. The average Bonchev–Trinajstić information content (AvgIpc) is 2.95. The van der Waals surface area contributed by atoms with Crippen LogP contribution < -0.4 is 10.9 Å². The van der Waals surface area contributed by atoms with E-state index in [0.29, 0.717) is 32.7 Å². The molecule has 0 spiro atoms. The Morgan fingerprint density at radius 2 is 1.88 bits per heavy atom. The van der Waals surface area contributed by atoms with Crippen LogP contribution in [0.4, 0.5) is 0 Å². The minimum absolute atomic E-state index is 0.0411. The highest BCUT2D eigenvalue weighted by Crippen LogP contribution is 2.37. The number of likely N-dealkylation sites (N-methyl/N-ethyl adjacent to an activating group) is 1. The zero-order valence-corrected chi connectivity index (χ0v) is 26.2. The molecule has 0 radical (unpaired) electrons. The smallest absolute Gasteiger partial charge is 0.320 e. The van der Waals surface area contributed by atoms with Crippen molar-refractivity contribution in [1.82, 2.24) is 24.7 Å². The molecule has 232 valence electrons. The summed E-state index contributed by atoms with van der Waals surface area (Å²) in [7, 11) is 2.03. The molecule has 5 atom stereocenters. The number of halogens is 1. The van der Waals surface area contributed by atoms with Gasteiger partial charge in [-0.1, -0.05) is 45.4 Å². The van der Waals surface area contributed by atoms with Gasteiger partial charge in [-0.2, -0.15) is 0 Å². The first kappa shape index (κ1) is 32.4. The molecule has 10 heteroatoms. The molecule has 0 aliphatic carbocycles. The van der Waals surface area contributed by atoms with E-state index in [1.807, 2.05) is 14.0 Å². The Hall–Kier alpha value is -1.52. The van der Waals surface area contributed by atoms with Crippen molar-refractivity contribution < 1.29 is 14.6 Å². The minimum Gasteiger partial charge on any atom is -0.480 e. The predicted octanol–water partition coefficient (Wildman–Crippen LogP) is 4.02. The zero-order valence-electron chi connectivity index (χ0n) is 25.5. The molecule has 0 aromatic carbocycles. The number of carboxylic acid groups (broad SMARTS) is 1. The van der Waals surface area contributed by atoms with Gasteiger partial charge in [-0.15, -0.1) is 11.6 Å². The van der Waals surface area contributed by atoms with E-state index in [2.05, 4.69) is 22.0 Å². The van der Waals surface area contributed by atoms with Crippen LogP contribution >= 0.6 is 11.6 Å². The Morgan fingerprint density at radius 3 is 2.63 bits per heavy atom. The van der Waals surface area contributed by atoms with E-state index < -0.39 is 12.0 Å². The number of aliphatic carboxylic acids is 1. The number of carbonyl (C=O) groups is 1. The number of nitrogens with zero attached hydrogens (tertiary/aromatic N) is 4. The van der Waals surface area contributed by atoms with E-state index in [1.165, 1.54) is 38.5 Å². The minimum atomic E-state index is -0.716. The number of piperidine rings is 2. The van der Waals surface area contributed by atoms with Crippen LogP contribution in [0.1, 0.15) is 88.2 Å². The first-order valence-electron chi connectivity index (χ1n) is 16.0. The maximum absolute atomic E-state index is 13.3. The third-order valence-electron chi connectivity index (χ3n) is 9.53. The Bertz CT molecular complexity index is 1050. The van der Waals surface area contributed by atoms with E-state index in [9.17, 15) is 14.7 Å². The fourth-order valence-corrected chi connectivity index (χ4v) is 7.40. The second-order valence-electron chi connectivity index (χ2n) is 12.5. The lowest BCUT2D eigenvalue weighted by Gasteiger charge is -2.45. The number of carboxylic acids is 1. The number of hydrogen-bond acceptors (Lipinski definition) is 7. The van der Waals surface area contributed by atoms with Crippen molar-refractivity contribution in [2.45, 2.75) is 115 Å². The summed E-state index contributed by atoms with van der Waals surface area (Å²) >= 11 is 6.55. The lowest BCUT2D eigenvalue weighted by molar-refractivity contribution is -0.146. The maximum atomic E-state index is 13.3. The van der Waals surface area contributed by atoms with Gasteiger partial charge < -0.3 is 14.7 Å². The van der Waals surface area contributed by atoms with Crippen molar-refractivity contribution in [3.05, 3.63) is 27.4 Å². The molecule has 3 aliphatic rings. The largest absolute Gasteiger partial charge is 0.480 e. The molecule has 5 unspecified atom stereocenters. The summed E-state index contributed by atoms with van der Waals surface area (Å²) in [4.78, 5) is 34.6.